The maximum atomic E-state index is 12.3. The molecule has 1 aliphatic heterocycles. The Kier molecular flexibility index (Phi) is 4.88. The molecule has 0 saturated carbocycles. The fourth-order valence-corrected chi connectivity index (χ4v) is 3.17. The molecule has 0 amide bonds. The first-order valence-corrected chi connectivity index (χ1v) is 8.79. The molecule has 0 aromatic carbocycles. The first-order valence-electron chi connectivity index (χ1n) is 8.79. The van der Waals surface area contributed by atoms with Crippen molar-refractivity contribution < 1.29 is 14.9 Å². The number of fused-ring (bicyclic) bond motifs is 1. The summed E-state index contributed by atoms with van der Waals surface area (Å²) in [5.41, 5.74) is 0.203. The summed E-state index contributed by atoms with van der Waals surface area (Å²) in [4.78, 5) is 30.7. The summed E-state index contributed by atoms with van der Waals surface area (Å²) in [7, 11) is 0. The third-order valence-corrected chi connectivity index (χ3v) is 4.56. The normalized spacial score (nSPS) is 22.5. The van der Waals surface area contributed by atoms with Gasteiger partial charge in [0.25, 0.3) is 5.56 Å². The van der Waals surface area contributed by atoms with Gasteiger partial charge >= 0.3 is 0 Å². The van der Waals surface area contributed by atoms with Crippen LogP contribution in [0.2, 0.25) is 0 Å². The van der Waals surface area contributed by atoms with Crippen LogP contribution in [-0.4, -0.2) is 65.1 Å². The third-order valence-electron chi connectivity index (χ3n) is 4.56. The van der Waals surface area contributed by atoms with Crippen LogP contribution in [0, 0.1) is 0 Å². The first kappa shape index (κ1) is 17.6. The number of aliphatic hydroxyl groups is 2. The molecule has 0 bridgehead atoms. The number of nitrogens with zero attached hydrogens (tertiary/aromatic N) is 4. The number of rotatable bonds is 7. The fourth-order valence-electron chi connectivity index (χ4n) is 3.17. The minimum Gasteiger partial charge on any atom is -0.394 e. The minimum absolute atomic E-state index is 0.196. The standard InChI is InChI=1S/C16H21N7O4/c24-7-10-9(25)6-12(27-10)23-8-20-13-14(23)21-16(22-15(13)26)19-3-1-2-11-17-4-5-18-11/h4-5,8-10,12,24-25H,1-3,6-7H2,(H,17,18)(H2,19,21,22,26)/t9?,10-,12-/m1/s1. The predicted molar refractivity (Wildman–Crippen MR) is 95.2 cm³/mol. The number of aromatic nitrogens is 6. The lowest BCUT2D eigenvalue weighted by Crippen LogP contribution is -2.24. The van der Waals surface area contributed by atoms with Gasteiger partial charge in [0.1, 0.15) is 18.2 Å². The van der Waals surface area contributed by atoms with E-state index in [0.717, 1.165) is 18.7 Å². The summed E-state index contributed by atoms with van der Waals surface area (Å²) in [6.45, 7) is 0.329. The average molecular weight is 375 g/mol. The van der Waals surface area contributed by atoms with Gasteiger partial charge in [0.15, 0.2) is 11.2 Å². The van der Waals surface area contributed by atoms with Gasteiger partial charge in [0.05, 0.1) is 19.0 Å². The van der Waals surface area contributed by atoms with Crippen molar-refractivity contribution in [3.8, 4) is 0 Å². The monoisotopic (exact) mass is 375 g/mol. The van der Waals surface area contributed by atoms with E-state index in [0.29, 0.717) is 18.1 Å². The lowest BCUT2D eigenvalue weighted by Gasteiger charge is -2.14. The fraction of sp³-hybridized carbons (Fsp3) is 0.500. The summed E-state index contributed by atoms with van der Waals surface area (Å²) in [6.07, 6.45) is 4.85. The quantitative estimate of drug-likeness (QED) is 0.347. The smallest absolute Gasteiger partial charge is 0.280 e. The molecule has 1 aliphatic rings. The van der Waals surface area contributed by atoms with Crippen molar-refractivity contribution >= 4 is 17.1 Å². The third kappa shape index (κ3) is 3.56. The highest BCUT2D eigenvalue weighted by molar-refractivity contribution is 5.70. The van der Waals surface area contributed by atoms with E-state index in [1.54, 1.807) is 17.0 Å². The lowest BCUT2D eigenvalue weighted by molar-refractivity contribution is -0.0432. The van der Waals surface area contributed by atoms with Crippen molar-refractivity contribution in [2.75, 3.05) is 18.5 Å². The summed E-state index contributed by atoms with van der Waals surface area (Å²) in [5.74, 6) is 1.24. The van der Waals surface area contributed by atoms with Crippen molar-refractivity contribution in [1.82, 2.24) is 29.5 Å². The number of aryl methyl sites for hydroxylation is 1. The number of ether oxygens (including phenoxy) is 1. The molecule has 3 aromatic heterocycles. The Labute approximate surface area is 153 Å². The van der Waals surface area contributed by atoms with Gasteiger partial charge in [-0.1, -0.05) is 0 Å². The van der Waals surface area contributed by atoms with Crippen LogP contribution in [0.4, 0.5) is 5.95 Å². The van der Waals surface area contributed by atoms with Crippen LogP contribution in [0.15, 0.2) is 23.5 Å². The van der Waals surface area contributed by atoms with E-state index in [1.807, 2.05) is 0 Å². The molecule has 1 unspecified atom stereocenters. The van der Waals surface area contributed by atoms with Gasteiger partial charge in [-0.2, -0.15) is 4.98 Å². The Bertz CT molecular complexity index is 951. The van der Waals surface area contributed by atoms with Crippen molar-refractivity contribution in [1.29, 1.82) is 0 Å². The van der Waals surface area contributed by atoms with Crippen LogP contribution in [0.3, 0.4) is 0 Å². The van der Waals surface area contributed by atoms with E-state index in [4.69, 9.17) is 4.74 Å². The molecule has 3 aromatic rings. The molecular formula is C16H21N7O4. The highest BCUT2D eigenvalue weighted by Gasteiger charge is 2.35. The number of imidazole rings is 2. The summed E-state index contributed by atoms with van der Waals surface area (Å²) in [6, 6.07) is 0. The predicted octanol–water partition coefficient (Wildman–Crippen LogP) is -0.472. The largest absolute Gasteiger partial charge is 0.394 e. The van der Waals surface area contributed by atoms with E-state index < -0.39 is 18.4 Å². The molecule has 27 heavy (non-hydrogen) atoms. The molecule has 4 heterocycles. The number of H-pyrrole nitrogens is 2. The minimum atomic E-state index is -0.779. The average Bonchev–Trinajstić information content (AvgIpc) is 3.38. The van der Waals surface area contributed by atoms with E-state index >= 15 is 0 Å². The van der Waals surface area contributed by atoms with Gasteiger partial charge in [0.2, 0.25) is 5.95 Å². The Hall–Kier alpha value is -2.76. The van der Waals surface area contributed by atoms with Crippen LogP contribution in [0.25, 0.3) is 11.2 Å². The summed E-state index contributed by atoms with van der Waals surface area (Å²) in [5, 5.41) is 22.3. The van der Waals surface area contributed by atoms with Crippen LogP contribution < -0.4 is 10.9 Å². The summed E-state index contributed by atoms with van der Waals surface area (Å²) >= 11 is 0. The molecule has 144 valence electrons. The molecule has 11 heteroatoms. The van der Waals surface area contributed by atoms with E-state index in [1.165, 1.54) is 6.33 Å². The second-order valence-electron chi connectivity index (χ2n) is 6.42. The van der Waals surface area contributed by atoms with Gasteiger partial charge in [-0.25, -0.2) is 9.97 Å². The number of hydrogen-bond acceptors (Lipinski definition) is 8. The molecule has 4 rings (SSSR count). The van der Waals surface area contributed by atoms with Gasteiger partial charge in [-0.3, -0.25) is 14.3 Å². The second-order valence-corrected chi connectivity index (χ2v) is 6.42. The molecule has 0 spiro atoms. The first-order chi connectivity index (χ1) is 13.2. The van der Waals surface area contributed by atoms with Gasteiger partial charge in [-0.05, 0) is 6.42 Å². The number of aromatic amines is 2. The Morgan fingerprint density at radius 3 is 3.04 bits per heavy atom. The van der Waals surface area contributed by atoms with Crippen molar-refractivity contribution in [2.45, 2.75) is 37.7 Å². The highest BCUT2D eigenvalue weighted by Crippen LogP contribution is 2.30. The molecule has 1 fully saturated rings. The number of aliphatic hydroxyl groups excluding tert-OH is 2. The lowest BCUT2D eigenvalue weighted by atomic mass is 10.2. The Morgan fingerprint density at radius 2 is 2.30 bits per heavy atom. The Morgan fingerprint density at radius 1 is 1.41 bits per heavy atom. The Balaban J connectivity index is 1.49. The molecule has 1 saturated heterocycles. The van der Waals surface area contributed by atoms with Crippen molar-refractivity contribution in [3.05, 3.63) is 34.9 Å². The zero-order valence-corrected chi connectivity index (χ0v) is 14.5. The molecule has 11 nitrogen and oxygen atoms in total. The van der Waals surface area contributed by atoms with Crippen molar-refractivity contribution in [2.24, 2.45) is 0 Å². The van der Waals surface area contributed by atoms with E-state index in [-0.39, 0.29) is 24.1 Å². The SMILES string of the molecule is O=c1[nH]c(NCCCc2ncc[nH]2)nc2c1ncn2[C@H]1CC(O)[C@@H](CO)O1. The van der Waals surface area contributed by atoms with Crippen LogP contribution >= 0.6 is 0 Å². The molecular weight excluding hydrogens is 354 g/mol. The molecule has 0 radical (unpaired) electrons. The highest BCUT2D eigenvalue weighted by atomic mass is 16.5. The summed E-state index contributed by atoms with van der Waals surface area (Å²) < 4.78 is 7.24. The molecule has 5 N–H and O–H groups in total. The number of anilines is 1. The number of hydrogen-bond donors (Lipinski definition) is 5. The van der Waals surface area contributed by atoms with Gasteiger partial charge < -0.3 is 25.3 Å². The maximum absolute atomic E-state index is 12.3. The molecule has 3 atom stereocenters. The zero-order valence-electron chi connectivity index (χ0n) is 14.5. The molecule has 0 aliphatic carbocycles. The van der Waals surface area contributed by atoms with E-state index in [9.17, 15) is 15.0 Å². The van der Waals surface area contributed by atoms with E-state index in [2.05, 4.69) is 30.2 Å². The van der Waals surface area contributed by atoms with Crippen LogP contribution in [-0.2, 0) is 11.2 Å². The zero-order chi connectivity index (χ0) is 18.8. The van der Waals surface area contributed by atoms with Gasteiger partial charge in [-0.15, -0.1) is 0 Å². The van der Waals surface area contributed by atoms with Gasteiger partial charge in [0, 0.05) is 31.8 Å². The number of nitrogens with one attached hydrogen (secondary N) is 3. The van der Waals surface area contributed by atoms with Crippen molar-refractivity contribution in [3.63, 3.8) is 0 Å². The second kappa shape index (κ2) is 7.47. The van der Waals surface area contributed by atoms with Crippen LogP contribution in [0.5, 0.6) is 0 Å². The topological polar surface area (TPSA) is 154 Å². The maximum Gasteiger partial charge on any atom is 0.280 e. The van der Waals surface area contributed by atoms with Crippen LogP contribution in [0.1, 0.15) is 24.9 Å².